The Morgan fingerprint density at radius 1 is 1.19 bits per heavy atom. The van der Waals surface area contributed by atoms with Gasteiger partial charge in [-0.15, -0.1) is 0 Å². The van der Waals surface area contributed by atoms with Crippen molar-refractivity contribution in [3.8, 4) is 5.75 Å². The van der Waals surface area contributed by atoms with E-state index in [2.05, 4.69) is 69.0 Å². The summed E-state index contributed by atoms with van der Waals surface area (Å²) < 4.78 is 5.70. The first-order valence-electron chi connectivity index (χ1n) is 8.22. The Balaban J connectivity index is 1.84. The number of ether oxygens (including phenoxy) is 1. The summed E-state index contributed by atoms with van der Waals surface area (Å²) in [5, 5.41) is 4.65. The average Bonchev–Trinajstić information content (AvgIpc) is 2.86. The zero-order valence-electron chi connectivity index (χ0n) is 13.8. The Labute approximate surface area is 134 Å². The second-order valence-electron chi connectivity index (χ2n) is 6.21. The van der Waals surface area contributed by atoms with Crippen LogP contribution in [-0.4, -0.2) is 23.1 Å². The van der Waals surface area contributed by atoms with E-state index in [9.17, 15) is 0 Å². The third-order valence-corrected chi connectivity index (χ3v) is 5.26. The maximum absolute atomic E-state index is 5.70. The van der Waals surface area contributed by atoms with E-state index < -0.39 is 0 Å². The lowest BCUT2D eigenvalue weighted by Gasteiger charge is -2.20. The molecule has 0 amide bonds. The molecule has 3 unspecified atom stereocenters. The molecule has 1 N–H and O–H groups in total. The summed E-state index contributed by atoms with van der Waals surface area (Å²) in [7, 11) is 0. The molecule has 1 aromatic carbocycles. The first-order valence-corrected chi connectivity index (χ1v) is 9.27. The molecule has 1 aromatic rings. The highest BCUT2D eigenvalue weighted by Crippen LogP contribution is 2.31. The average molecular weight is 308 g/mol. The molecule has 0 spiro atoms. The molecule has 0 aliphatic heterocycles. The third-order valence-electron chi connectivity index (χ3n) is 4.02. The zero-order chi connectivity index (χ0) is 15.2. The van der Waals surface area contributed by atoms with E-state index in [0.29, 0.717) is 12.1 Å². The van der Waals surface area contributed by atoms with Crippen molar-refractivity contribution in [1.29, 1.82) is 0 Å². The fraction of sp³-hybridized carbons (Fsp3) is 0.667. The van der Waals surface area contributed by atoms with Crippen molar-refractivity contribution in [3.63, 3.8) is 0 Å². The summed E-state index contributed by atoms with van der Waals surface area (Å²) in [6, 6.07) is 9.62. The molecule has 2 nitrogen and oxygen atoms in total. The molecule has 0 bridgehead atoms. The van der Waals surface area contributed by atoms with Gasteiger partial charge in [-0.2, -0.15) is 11.8 Å². The number of hydrogen-bond acceptors (Lipinski definition) is 3. The fourth-order valence-corrected chi connectivity index (χ4v) is 4.18. The van der Waals surface area contributed by atoms with Gasteiger partial charge in [-0.1, -0.05) is 19.1 Å². The van der Waals surface area contributed by atoms with Gasteiger partial charge in [0.2, 0.25) is 0 Å². The van der Waals surface area contributed by atoms with Crippen LogP contribution in [0.5, 0.6) is 5.75 Å². The normalized spacial score (nSPS) is 23.5. The van der Waals surface area contributed by atoms with Crippen LogP contribution < -0.4 is 10.1 Å². The van der Waals surface area contributed by atoms with Crippen LogP contribution in [0.1, 0.15) is 58.6 Å². The van der Waals surface area contributed by atoms with Gasteiger partial charge in [-0.25, -0.2) is 0 Å². The van der Waals surface area contributed by atoms with E-state index in [1.54, 1.807) is 0 Å². The Hall–Kier alpha value is -0.670. The molecule has 118 valence electrons. The van der Waals surface area contributed by atoms with Crippen molar-refractivity contribution in [1.82, 2.24) is 5.32 Å². The Bertz CT molecular complexity index is 418. The summed E-state index contributed by atoms with van der Waals surface area (Å²) in [4.78, 5) is 0. The van der Waals surface area contributed by atoms with E-state index in [0.717, 1.165) is 11.0 Å². The van der Waals surface area contributed by atoms with E-state index >= 15 is 0 Å². The van der Waals surface area contributed by atoms with Crippen LogP contribution in [0.15, 0.2) is 24.3 Å². The lowest BCUT2D eigenvalue weighted by Crippen LogP contribution is -2.29. The quantitative estimate of drug-likeness (QED) is 0.782. The molecule has 0 heterocycles. The lowest BCUT2D eigenvalue weighted by molar-refractivity contribution is 0.242. The van der Waals surface area contributed by atoms with E-state index in [1.807, 2.05) is 0 Å². The fourth-order valence-electron chi connectivity index (χ4n) is 3.04. The zero-order valence-corrected chi connectivity index (χ0v) is 14.6. The number of rotatable bonds is 7. The van der Waals surface area contributed by atoms with Gasteiger partial charge in [0, 0.05) is 17.3 Å². The smallest absolute Gasteiger partial charge is 0.119 e. The van der Waals surface area contributed by atoms with Gasteiger partial charge in [0.1, 0.15) is 5.75 Å². The van der Waals surface area contributed by atoms with Crippen LogP contribution >= 0.6 is 11.8 Å². The van der Waals surface area contributed by atoms with Crippen LogP contribution in [0.2, 0.25) is 0 Å². The van der Waals surface area contributed by atoms with Gasteiger partial charge in [-0.3, -0.25) is 0 Å². The second-order valence-corrected chi connectivity index (χ2v) is 7.79. The minimum Gasteiger partial charge on any atom is -0.491 e. The molecular formula is C18H29NOS. The molecule has 21 heavy (non-hydrogen) atoms. The summed E-state index contributed by atoms with van der Waals surface area (Å²) in [6.07, 6.45) is 4.23. The van der Waals surface area contributed by atoms with Gasteiger partial charge in [0.25, 0.3) is 0 Å². The van der Waals surface area contributed by atoms with Gasteiger partial charge < -0.3 is 10.1 Å². The van der Waals surface area contributed by atoms with Gasteiger partial charge in [-0.05, 0) is 63.5 Å². The third kappa shape index (κ3) is 5.23. The molecule has 1 aliphatic rings. The van der Waals surface area contributed by atoms with E-state index in [4.69, 9.17) is 4.74 Å². The van der Waals surface area contributed by atoms with Gasteiger partial charge >= 0.3 is 0 Å². The SMILES string of the molecule is CCSC1CCC(NC(C)c2ccc(OC(C)C)cc2)C1. The molecule has 1 fully saturated rings. The first-order chi connectivity index (χ1) is 10.1. The van der Waals surface area contributed by atoms with Crippen LogP contribution in [0, 0.1) is 0 Å². The van der Waals surface area contributed by atoms with Gasteiger partial charge in [0.05, 0.1) is 6.10 Å². The minimum absolute atomic E-state index is 0.234. The van der Waals surface area contributed by atoms with Crippen molar-refractivity contribution < 1.29 is 4.74 Å². The standard InChI is InChI=1S/C18H29NOS/c1-5-21-18-11-8-16(12-18)19-14(4)15-6-9-17(10-7-15)20-13(2)3/h6-7,9-10,13-14,16,18-19H,5,8,11-12H2,1-4H3. The van der Waals surface area contributed by atoms with E-state index in [1.165, 1.54) is 30.6 Å². The molecule has 1 aliphatic carbocycles. The summed E-state index contributed by atoms with van der Waals surface area (Å²) in [5.74, 6) is 2.20. The number of benzene rings is 1. The first kappa shape index (κ1) is 16.7. The molecule has 0 radical (unpaired) electrons. The van der Waals surface area contributed by atoms with Gasteiger partial charge in [0.15, 0.2) is 0 Å². The monoisotopic (exact) mass is 307 g/mol. The Morgan fingerprint density at radius 3 is 2.52 bits per heavy atom. The van der Waals surface area contributed by atoms with Crippen molar-refractivity contribution in [2.45, 2.75) is 70.4 Å². The largest absolute Gasteiger partial charge is 0.491 e. The highest BCUT2D eigenvalue weighted by molar-refractivity contribution is 7.99. The highest BCUT2D eigenvalue weighted by atomic mass is 32.2. The number of hydrogen-bond donors (Lipinski definition) is 1. The summed E-state index contributed by atoms with van der Waals surface area (Å²) in [5.41, 5.74) is 1.35. The topological polar surface area (TPSA) is 21.3 Å². The second kappa shape index (κ2) is 8.09. The van der Waals surface area contributed by atoms with Crippen molar-refractivity contribution in [3.05, 3.63) is 29.8 Å². The molecule has 0 aromatic heterocycles. The van der Waals surface area contributed by atoms with Crippen molar-refractivity contribution >= 4 is 11.8 Å². The van der Waals surface area contributed by atoms with Crippen LogP contribution in [0.4, 0.5) is 0 Å². The summed E-state index contributed by atoms with van der Waals surface area (Å²) >= 11 is 2.12. The minimum atomic E-state index is 0.234. The summed E-state index contributed by atoms with van der Waals surface area (Å²) in [6.45, 7) is 8.64. The van der Waals surface area contributed by atoms with Crippen molar-refractivity contribution in [2.24, 2.45) is 0 Å². The van der Waals surface area contributed by atoms with Crippen LogP contribution in [-0.2, 0) is 0 Å². The Kier molecular flexibility index (Phi) is 6.43. The molecule has 3 atom stereocenters. The predicted molar refractivity (Wildman–Crippen MR) is 93.3 cm³/mol. The van der Waals surface area contributed by atoms with E-state index in [-0.39, 0.29) is 6.10 Å². The molecule has 2 rings (SSSR count). The van der Waals surface area contributed by atoms with Crippen LogP contribution in [0.25, 0.3) is 0 Å². The molecule has 1 saturated carbocycles. The number of thioether (sulfide) groups is 1. The predicted octanol–water partition coefficient (Wildman–Crippen LogP) is 4.80. The highest BCUT2D eigenvalue weighted by Gasteiger charge is 2.25. The van der Waals surface area contributed by atoms with Crippen molar-refractivity contribution in [2.75, 3.05) is 5.75 Å². The molecule has 0 saturated heterocycles. The lowest BCUT2D eigenvalue weighted by atomic mass is 10.1. The Morgan fingerprint density at radius 2 is 1.90 bits per heavy atom. The molecular weight excluding hydrogens is 278 g/mol. The maximum Gasteiger partial charge on any atom is 0.119 e. The molecule has 3 heteroatoms. The van der Waals surface area contributed by atoms with Crippen LogP contribution in [0.3, 0.4) is 0 Å². The number of nitrogens with one attached hydrogen (secondary N) is 1. The maximum atomic E-state index is 5.70.